The molecule has 1 aromatic heterocycles. The van der Waals surface area contributed by atoms with Crippen molar-refractivity contribution < 1.29 is 9.32 Å². The van der Waals surface area contributed by atoms with E-state index in [0.29, 0.717) is 17.7 Å². The smallest absolute Gasteiger partial charge is 0.290 e. The molecule has 0 bridgehead atoms. The van der Waals surface area contributed by atoms with Gasteiger partial charge >= 0.3 is 0 Å². The van der Waals surface area contributed by atoms with E-state index in [2.05, 4.69) is 10.2 Å². The Kier molecular flexibility index (Phi) is 4.26. The SMILES string of the molecule is Cc1cc(=O)n(C(=O)CN(CC2CC2)CC2CCCN2)o1. The molecule has 1 aliphatic carbocycles. The molecule has 1 saturated heterocycles. The van der Waals surface area contributed by atoms with Gasteiger partial charge in [-0.15, -0.1) is 4.74 Å². The molecule has 6 heteroatoms. The minimum atomic E-state index is -0.372. The Labute approximate surface area is 124 Å². The van der Waals surface area contributed by atoms with Crippen LogP contribution in [0.25, 0.3) is 0 Å². The maximum Gasteiger partial charge on any atom is 0.290 e. The first kappa shape index (κ1) is 14.5. The van der Waals surface area contributed by atoms with Crippen LogP contribution in [-0.4, -0.2) is 47.8 Å². The number of carbonyl (C=O) groups is 1. The van der Waals surface area contributed by atoms with E-state index in [4.69, 9.17) is 4.52 Å². The fourth-order valence-corrected chi connectivity index (χ4v) is 2.97. The largest absolute Gasteiger partial charge is 0.373 e. The molecule has 0 spiro atoms. The third-order valence-corrected chi connectivity index (χ3v) is 4.20. The summed E-state index contributed by atoms with van der Waals surface area (Å²) in [7, 11) is 0. The Morgan fingerprint density at radius 2 is 2.24 bits per heavy atom. The van der Waals surface area contributed by atoms with Crippen LogP contribution in [0.15, 0.2) is 15.4 Å². The van der Waals surface area contributed by atoms with Gasteiger partial charge in [0, 0.05) is 25.2 Å². The molecule has 0 aromatic carbocycles. The lowest BCUT2D eigenvalue weighted by molar-refractivity contribution is 0.0705. The highest BCUT2D eigenvalue weighted by Gasteiger charge is 2.28. The van der Waals surface area contributed by atoms with E-state index in [1.165, 1.54) is 25.3 Å². The van der Waals surface area contributed by atoms with Crippen molar-refractivity contribution in [1.82, 2.24) is 15.0 Å². The Bertz CT molecular complexity index is 553. The molecule has 1 aromatic rings. The molecule has 6 nitrogen and oxygen atoms in total. The van der Waals surface area contributed by atoms with Crippen LogP contribution >= 0.6 is 0 Å². The van der Waals surface area contributed by atoms with Gasteiger partial charge in [-0.1, -0.05) is 0 Å². The standard InChI is InChI=1S/C15H23N3O3/c1-11-7-14(19)18(21-11)15(20)10-17(8-12-4-5-12)9-13-3-2-6-16-13/h7,12-13,16H,2-6,8-10H2,1H3. The van der Waals surface area contributed by atoms with Gasteiger partial charge in [-0.25, -0.2) is 0 Å². The van der Waals surface area contributed by atoms with Gasteiger partial charge in [0.2, 0.25) is 0 Å². The molecule has 0 radical (unpaired) electrons. The first-order valence-electron chi connectivity index (χ1n) is 7.81. The lowest BCUT2D eigenvalue weighted by Gasteiger charge is -2.24. The Morgan fingerprint density at radius 3 is 2.81 bits per heavy atom. The second-order valence-corrected chi connectivity index (χ2v) is 6.30. The normalized spacial score (nSPS) is 22.1. The van der Waals surface area contributed by atoms with E-state index in [0.717, 1.165) is 30.8 Å². The number of hydrogen-bond acceptors (Lipinski definition) is 5. The number of nitrogens with zero attached hydrogens (tertiary/aromatic N) is 2. The molecule has 21 heavy (non-hydrogen) atoms. The Balaban J connectivity index is 1.63. The summed E-state index contributed by atoms with van der Waals surface area (Å²) < 4.78 is 6.07. The highest BCUT2D eigenvalue weighted by Crippen LogP contribution is 2.29. The van der Waals surface area contributed by atoms with E-state index >= 15 is 0 Å². The Hall–Kier alpha value is -1.40. The lowest BCUT2D eigenvalue weighted by Crippen LogP contribution is -2.43. The van der Waals surface area contributed by atoms with Crippen LogP contribution in [0.2, 0.25) is 0 Å². The topological polar surface area (TPSA) is 67.5 Å². The fourth-order valence-electron chi connectivity index (χ4n) is 2.97. The highest BCUT2D eigenvalue weighted by atomic mass is 16.5. The molecule has 116 valence electrons. The van der Waals surface area contributed by atoms with Crippen molar-refractivity contribution in [2.75, 3.05) is 26.2 Å². The van der Waals surface area contributed by atoms with Crippen LogP contribution in [0.5, 0.6) is 0 Å². The molecular formula is C15H23N3O3. The van der Waals surface area contributed by atoms with Crippen LogP contribution in [0.3, 0.4) is 0 Å². The van der Waals surface area contributed by atoms with Crippen molar-refractivity contribution in [2.45, 2.75) is 38.6 Å². The number of aryl methyl sites for hydroxylation is 1. The first-order valence-corrected chi connectivity index (χ1v) is 7.81. The number of hydrogen-bond donors (Lipinski definition) is 1. The summed E-state index contributed by atoms with van der Waals surface area (Å²) in [6.45, 7) is 4.80. The maximum absolute atomic E-state index is 12.3. The van der Waals surface area contributed by atoms with Gasteiger partial charge in [0.15, 0.2) is 0 Å². The average Bonchev–Trinajstić information content (AvgIpc) is 2.95. The van der Waals surface area contributed by atoms with Crippen LogP contribution in [-0.2, 0) is 0 Å². The Morgan fingerprint density at radius 1 is 1.43 bits per heavy atom. The van der Waals surface area contributed by atoms with Crippen molar-refractivity contribution in [3.63, 3.8) is 0 Å². The summed E-state index contributed by atoms with van der Waals surface area (Å²) in [5, 5.41) is 3.46. The number of rotatable bonds is 6. The molecular weight excluding hydrogens is 270 g/mol. The van der Waals surface area contributed by atoms with Crippen molar-refractivity contribution in [3.05, 3.63) is 22.2 Å². The van der Waals surface area contributed by atoms with Gasteiger partial charge in [0.25, 0.3) is 11.5 Å². The summed E-state index contributed by atoms with van der Waals surface area (Å²) in [4.78, 5) is 26.1. The molecule has 3 rings (SSSR count). The van der Waals surface area contributed by atoms with Crippen LogP contribution in [0.1, 0.15) is 36.2 Å². The lowest BCUT2D eigenvalue weighted by atomic mass is 10.2. The average molecular weight is 293 g/mol. The zero-order valence-electron chi connectivity index (χ0n) is 12.5. The van der Waals surface area contributed by atoms with E-state index < -0.39 is 0 Å². The summed E-state index contributed by atoms with van der Waals surface area (Å²) in [5.74, 6) is 0.917. The van der Waals surface area contributed by atoms with Crippen molar-refractivity contribution in [3.8, 4) is 0 Å². The fraction of sp³-hybridized carbons (Fsp3) is 0.733. The monoisotopic (exact) mass is 293 g/mol. The minimum absolute atomic E-state index is 0.252. The summed E-state index contributed by atoms with van der Waals surface area (Å²) in [6, 6.07) is 1.81. The molecule has 1 atom stereocenters. The van der Waals surface area contributed by atoms with Gasteiger partial charge in [-0.3, -0.25) is 14.5 Å². The van der Waals surface area contributed by atoms with Crippen LogP contribution in [0, 0.1) is 12.8 Å². The van der Waals surface area contributed by atoms with Crippen molar-refractivity contribution >= 4 is 5.91 Å². The predicted octanol–water partition coefficient (Wildman–Crippen LogP) is 0.854. The molecule has 2 aliphatic rings. The maximum atomic E-state index is 12.3. The van der Waals surface area contributed by atoms with E-state index in [1.807, 2.05) is 0 Å². The molecule has 1 saturated carbocycles. The third-order valence-electron chi connectivity index (χ3n) is 4.20. The zero-order valence-corrected chi connectivity index (χ0v) is 12.5. The second kappa shape index (κ2) is 6.15. The van der Waals surface area contributed by atoms with Crippen LogP contribution in [0.4, 0.5) is 0 Å². The van der Waals surface area contributed by atoms with Crippen molar-refractivity contribution in [1.29, 1.82) is 0 Å². The molecule has 1 aliphatic heterocycles. The number of aromatic nitrogens is 1. The molecule has 1 unspecified atom stereocenters. The number of nitrogens with one attached hydrogen (secondary N) is 1. The van der Waals surface area contributed by atoms with Gasteiger partial charge in [-0.2, -0.15) is 0 Å². The summed E-state index contributed by atoms with van der Waals surface area (Å²) >= 11 is 0. The molecule has 2 heterocycles. The van der Waals surface area contributed by atoms with Gasteiger partial charge in [0.05, 0.1) is 6.54 Å². The molecule has 0 amide bonds. The van der Waals surface area contributed by atoms with Crippen LogP contribution < -0.4 is 10.9 Å². The van der Waals surface area contributed by atoms with E-state index in [9.17, 15) is 9.59 Å². The molecule has 1 N–H and O–H groups in total. The number of carbonyl (C=O) groups excluding carboxylic acids is 1. The van der Waals surface area contributed by atoms with Gasteiger partial charge in [0.1, 0.15) is 5.76 Å². The van der Waals surface area contributed by atoms with E-state index in [-0.39, 0.29) is 18.0 Å². The quantitative estimate of drug-likeness (QED) is 0.842. The highest BCUT2D eigenvalue weighted by molar-refractivity contribution is 5.79. The zero-order chi connectivity index (χ0) is 14.8. The van der Waals surface area contributed by atoms with E-state index in [1.54, 1.807) is 6.92 Å². The predicted molar refractivity (Wildman–Crippen MR) is 78.5 cm³/mol. The summed E-state index contributed by atoms with van der Waals surface area (Å²) in [6.07, 6.45) is 4.87. The van der Waals surface area contributed by atoms with Gasteiger partial charge in [-0.05, 0) is 45.1 Å². The molecule has 2 fully saturated rings. The third kappa shape index (κ3) is 3.83. The first-order chi connectivity index (χ1) is 10.1. The summed E-state index contributed by atoms with van der Waals surface area (Å²) in [5.41, 5.74) is -0.372. The van der Waals surface area contributed by atoms with Gasteiger partial charge < -0.3 is 9.84 Å². The second-order valence-electron chi connectivity index (χ2n) is 6.30. The van der Waals surface area contributed by atoms with Crippen molar-refractivity contribution in [2.24, 2.45) is 5.92 Å². The minimum Gasteiger partial charge on any atom is -0.373 e.